The quantitative estimate of drug-likeness (QED) is 0.816. The van der Waals surface area contributed by atoms with Gasteiger partial charge in [0.15, 0.2) is 0 Å². The van der Waals surface area contributed by atoms with Crippen molar-refractivity contribution in [3.05, 3.63) is 48.3 Å². The van der Waals surface area contributed by atoms with Gasteiger partial charge in [0.05, 0.1) is 12.1 Å². The van der Waals surface area contributed by atoms with Crippen LogP contribution in [0.1, 0.15) is 38.2 Å². The lowest BCUT2D eigenvalue weighted by molar-refractivity contribution is -0.134. The van der Waals surface area contributed by atoms with Gasteiger partial charge in [-0.25, -0.2) is 0 Å². The number of likely N-dealkylation sites (tertiary alicyclic amines) is 1. The molecule has 0 radical (unpaired) electrons. The lowest BCUT2D eigenvalue weighted by Gasteiger charge is -2.32. The summed E-state index contributed by atoms with van der Waals surface area (Å²) in [4.78, 5) is 30.7. The predicted octanol–water partition coefficient (Wildman–Crippen LogP) is 4.16. The molecule has 0 aliphatic carbocycles. The second kappa shape index (κ2) is 9.35. The van der Waals surface area contributed by atoms with E-state index < -0.39 is 0 Å². The Hall–Kier alpha value is -2.89. The fourth-order valence-corrected chi connectivity index (χ4v) is 3.41. The number of rotatable bonds is 6. The van der Waals surface area contributed by atoms with E-state index in [9.17, 15) is 9.59 Å². The summed E-state index contributed by atoms with van der Waals surface area (Å²) in [6, 6.07) is 9.23. The third-order valence-electron chi connectivity index (χ3n) is 4.91. The molecule has 28 heavy (non-hydrogen) atoms. The fourth-order valence-electron chi connectivity index (χ4n) is 3.41. The summed E-state index contributed by atoms with van der Waals surface area (Å²) in [6.07, 6.45) is 6.41. The Labute approximate surface area is 165 Å². The number of benzene rings is 1. The van der Waals surface area contributed by atoms with Crippen molar-refractivity contribution in [1.82, 2.24) is 9.88 Å². The molecule has 1 saturated heterocycles. The van der Waals surface area contributed by atoms with Crippen LogP contribution < -0.4 is 10.1 Å². The summed E-state index contributed by atoms with van der Waals surface area (Å²) in [5.74, 6) is 1.34. The standard InChI is InChI=1S/C22H27N3O3/c1-3-6-21(26)25-12-5-7-17(15-25)22(27)24-18-9-10-20(16(2)13-18)28-19-8-4-11-23-14-19/h4,8-11,13-14,17H,3,5-7,12,15H2,1-2H3,(H,24,27). The second-order valence-corrected chi connectivity index (χ2v) is 7.19. The van der Waals surface area contributed by atoms with Crippen LogP contribution in [0.5, 0.6) is 11.5 Å². The Kier molecular flexibility index (Phi) is 6.63. The highest BCUT2D eigenvalue weighted by Crippen LogP contribution is 2.27. The molecule has 0 bridgehead atoms. The molecule has 2 aromatic rings. The number of piperidine rings is 1. The van der Waals surface area contributed by atoms with Crippen molar-refractivity contribution in [2.45, 2.75) is 39.5 Å². The monoisotopic (exact) mass is 381 g/mol. The number of pyridine rings is 1. The lowest BCUT2D eigenvalue weighted by Crippen LogP contribution is -2.43. The van der Waals surface area contributed by atoms with Gasteiger partial charge in [0.25, 0.3) is 0 Å². The summed E-state index contributed by atoms with van der Waals surface area (Å²) < 4.78 is 5.83. The highest BCUT2D eigenvalue weighted by atomic mass is 16.5. The Morgan fingerprint density at radius 2 is 2.18 bits per heavy atom. The highest BCUT2D eigenvalue weighted by molar-refractivity contribution is 5.93. The smallest absolute Gasteiger partial charge is 0.229 e. The second-order valence-electron chi connectivity index (χ2n) is 7.19. The van der Waals surface area contributed by atoms with Gasteiger partial charge >= 0.3 is 0 Å². The molecule has 1 aromatic carbocycles. The van der Waals surface area contributed by atoms with Crippen molar-refractivity contribution >= 4 is 17.5 Å². The van der Waals surface area contributed by atoms with E-state index >= 15 is 0 Å². The molecule has 1 atom stereocenters. The normalized spacial score (nSPS) is 16.5. The number of amides is 2. The minimum absolute atomic E-state index is 0.0330. The molecule has 3 rings (SSSR count). The number of hydrogen-bond donors (Lipinski definition) is 1. The van der Waals surface area contributed by atoms with Crippen LogP contribution in [0.3, 0.4) is 0 Å². The van der Waals surface area contributed by atoms with Crippen molar-refractivity contribution in [2.24, 2.45) is 5.92 Å². The van der Waals surface area contributed by atoms with Gasteiger partial charge in [-0.3, -0.25) is 14.6 Å². The van der Waals surface area contributed by atoms with Crippen molar-refractivity contribution in [3.63, 3.8) is 0 Å². The molecule has 2 amide bonds. The van der Waals surface area contributed by atoms with Gasteiger partial charge in [0, 0.05) is 31.4 Å². The van der Waals surface area contributed by atoms with E-state index in [-0.39, 0.29) is 17.7 Å². The maximum Gasteiger partial charge on any atom is 0.229 e. The first-order chi connectivity index (χ1) is 13.6. The average Bonchev–Trinajstić information content (AvgIpc) is 2.71. The van der Waals surface area contributed by atoms with Crippen molar-refractivity contribution in [2.75, 3.05) is 18.4 Å². The summed E-state index contributed by atoms with van der Waals surface area (Å²) >= 11 is 0. The van der Waals surface area contributed by atoms with Crippen molar-refractivity contribution < 1.29 is 14.3 Å². The van der Waals surface area contributed by atoms with Gasteiger partial charge in [-0.15, -0.1) is 0 Å². The number of nitrogens with one attached hydrogen (secondary N) is 1. The van der Waals surface area contributed by atoms with E-state index in [0.29, 0.717) is 18.7 Å². The number of anilines is 1. The first-order valence-electron chi connectivity index (χ1n) is 9.84. The van der Waals surface area contributed by atoms with E-state index in [0.717, 1.165) is 42.8 Å². The van der Waals surface area contributed by atoms with Crippen LogP contribution in [0.2, 0.25) is 0 Å². The molecule has 2 heterocycles. The predicted molar refractivity (Wildman–Crippen MR) is 108 cm³/mol. The number of ether oxygens (including phenoxy) is 1. The van der Waals surface area contributed by atoms with Crippen LogP contribution in [-0.4, -0.2) is 34.8 Å². The molecule has 1 fully saturated rings. The summed E-state index contributed by atoms with van der Waals surface area (Å²) in [5, 5.41) is 2.99. The SMILES string of the molecule is CCCC(=O)N1CCCC(C(=O)Nc2ccc(Oc3cccnc3)c(C)c2)C1. The molecule has 148 valence electrons. The first kappa shape index (κ1) is 19.9. The topological polar surface area (TPSA) is 71.5 Å². The van der Waals surface area contributed by atoms with Crippen molar-refractivity contribution in [1.29, 1.82) is 0 Å². The van der Waals surface area contributed by atoms with Crippen LogP contribution in [0.4, 0.5) is 5.69 Å². The largest absolute Gasteiger partial charge is 0.455 e. The van der Waals surface area contributed by atoms with Crippen LogP contribution >= 0.6 is 0 Å². The molecule has 1 aromatic heterocycles. The minimum Gasteiger partial charge on any atom is -0.455 e. The molecule has 0 saturated carbocycles. The molecule has 1 unspecified atom stereocenters. The average molecular weight is 381 g/mol. The van der Waals surface area contributed by atoms with Gasteiger partial charge in [-0.1, -0.05) is 6.92 Å². The maximum atomic E-state index is 12.7. The number of aryl methyl sites for hydroxylation is 1. The molecular weight excluding hydrogens is 354 g/mol. The summed E-state index contributed by atoms with van der Waals surface area (Å²) in [5.41, 5.74) is 1.66. The van der Waals surface area contributed by atoms with Gasteiger partial charge in [-0.2, -0.15) is 0 Å². The van der Waals surface area contributed by atoms with E-state index in [1.54, 1.807) is 12.4 Å². The zero-order valence-corrected chi connectivity index (χ0v) is 16.5. The maximum absolute atomic E-state index is 12.7. The lowest BCUT2D eigenvalue weighted by atomic mass is 9.96. The Balaban J connectivity index is 1.61. The number of carbonyl (C=O) groups excluding carboxylic acids is 2. The molecule has 1 aliphatic heterocycles. The summed E-state index contributed by atoms with van der Waals surface area (Å²) in [7, 11) is 0. The molecule has 0 spiro atoms. The molecule has 1 aliphatic rings. The Bertz CT molecular complexity index is 823. The fraction of sp³-hybridized carbons (Fsp3) is 0.409. The number of aromatic nitrogens is 1. The van der Waals surface area contributed by atoms with E-state index in [2.05, 4.69) is 10.3 Å². The van der Waals surface area contributed by atoms with Gasteiger partial charge < -0.3 is 15.0 Å². The number of hydrogen-bond acceptors (Lipinski definition) is 4. The van der Waals surface area contributed by atoms with E-state index in [1.807, 2.05) is 49.1 Å². The first-order valence-corrected chi connectivity index (χ1v) is 9.84. The van der Waals surface area contributed by atoms with Gasteiger partial charge in [-0.05, 0) is 62.1 Å². The highest BCUT2D eigenvalue weighted by Gasteiger charge is 2.28. The Morgan fingerprint density at radius 3 is 2.89 bits per heavy atom. The number of carbonyl (C=O) groups is 2. The van der Waals surface area contributed by atoms with Crippen LogP contribution in [0.25, 0.3) is 0 Å². The molecule has 6 heteroatoms. The zero-order chi connectivity index (χ0) is 19.9. The third-order valence-corrected chi connectivity index (χ3v) is 4.91. The van der Waals surface area contributed by atoms with E-state index in [1.165, 1.54) is 0 Å². The van der Waals surface area contributed by atoms with Crippen LogP contribution in [-0.2, 0) is 9.59 Å². The van der Waals surface area contributed by atoms with Gasteiger partial charge in [0.1, 0.15) is 11.5 Å². The van der Waals surface area contributed by atoms with Crippen molar-refractivity contribution in [3.8, 4) is 11.5 Å². The van der Waals surface area contributed by atoms with Crippen LogP contribution in [0, 0.1) is 12.8 Å². The summed E-state index contributed by atoms with van der Waals surface area (Å²) in [6.45, 7) is 5.19. The zero-order valence-electron chi connectivity index (χ0n) is 16.5. The molecule has 1 N–H and O–H groups in total. The molecule has 6 nitrogen and oxygen atoms in total. The minimum atomic E-state index is -0.166. The Morgan fingerprint density at radius 1 is 1.32 bits per heavy atom. The van der Waals surface area contributed by atoms with E-state index in [4.69, 9.17) is 4.74 Å². The molecular formula is C22H27N3O3. The third kappa shape index (κ3) is 5.09. The van der Waals surface area contributed by atoms with Crippen LogP contribution in [0.15, 0.2) is 42.7 Å². The number of nitrogens with zero attached hydrogens (tertiary/aromatic N) is 2. The van der Waals surface area contributed by atoms with Gasteiger partial charge in [0.2, 0.25) is 11.8 Å².